The van der Waals surface area contributed by atoms with Gasteiger partial charge in [0.05, 0.1) is 0 Å². The zero-order valence-electron chi connectivity index (χ0n) is 12.8. The Labute approximate surface area is 145 Å². The van der Waals surface area contributed by atoms with Gasteiger partial charge in [-0.1, -0.05) is 12.1 Å². The van der Waals surface area contributed by atoms with Crippen LogP contribution in [0.1, 0.15) is 44.6 Å². The number of rotatable bonds is 2. The Balaban J connectivity index is 1.58. The van der Waals surface area contributed by atoms with Crippen molar-refractivity contribution in [2.45, 2.75) is 50.2 Å². The molecule has 1 unspecified atom stereocenters. The van der Waals surface area contributed by atoms with Gasteiger partial charge in [0.2, 0.25) is 0 Å². The Morgan fingerprint density at radius 1 is 1.05 bits per heavy atom. The Kier molecular flexibility index (Phi) is 2.94. The minimum absolute atomic E-state index is 0.107. The molecule has 1 heterocycles. The highest BCUT2D eigenvalue weighted by molar-refractivity contribution is 14.1. The summed E-state index contributed by atoms with van der Waals surface area (Å²) in [6.07, 6.45) is 6.77. The molecule has 5 fully saturated rings. The predicted molar refractivity (Wildman–Crippen MR) is 90.4 cm³/mol. The summed E-state index contributed by atoms with van der Waals surface area (Å²) in [5.41, 5.74) is 0.755. The average molecular weight is 412 g/mol. The van der Waals surface area contributed by atoms with Crippen molar-refractivity contribution in [1.82, 2.24) is 0 Å². The van der Waals surface area contributed by atoms with E-state index in [0.717, 1.165) is 17.6 Å². The van der Waals surface area contributed by atoms with Gasteiger partial charge >= 0.3 is 0 Å². The molecule has 1 saturated heterocycles. The van der Waals surface area contributed by atoms with Gasteiger partial charge in [0.25, 0.3) is 0 Å². The van der Waals surface area contributed by atoms with Crippen molar-refractivity contribution in [3.63, 3.8) is 0 Å². The van der Waals surface area contributed by atoms with Crippen LogP contribution in [0.15, 0.2) is 24.3 Å². The van der Waals surface area contributed by atoms with Crippen LogP contribution >= 0.6 is 23.0 Å². The first kappa shape index (κ1) is 14.1. The van der Waals surface area contributed by atoms with Crippen LogP contribution in [0, 0.1) is 23.7 Å². The largest absolute Gasteiger partial charge is 0.428 e. The first-order valence-electron chi connectivity index (χ1n) is 8.41. The summed E-state index contributed by atoms with van der Waals surface area (Å²) in [6.45, 7) is 2.23. The highest BCUT2D eigenvalue weighted by Crippen LogP contribution is 2.69. The summed E-state index contributed by atoms with van der Waals surface area (Å²) in [5.74, 6) is 4.07. The highest BCUT2D eigenvalue weighted by Gasteiger charge is 2.73. The predicted octanol–water partition coefficient (Wildman–Crippen LogP) is 4.79. The van der Waals surface area contributed by atoms with Crippen molar-refractivity contribution < 1.29 is 12.8 Å². The van der Waals surface area contributed by atoms with E-state index in [1.54, 1.807) is 0 Å². The molecular weight excluding hydrogens is 391 g/mol. The normalized spacial score (nSPS) is 48.5. The Bertz CT molecular complexity index is 588. The Morgan fingerprint density at radius 3 is 2.27 bits per heavy atom. The minimum Gasteiger partial charge on any atom is -0.428 e. The lowest BCUT2D eigenvalue weighted by Gasteiger charge is -2.69. The first-order valence-corrected chi connectivity index (χ1v) is 9.30. The van der Waals surface area contributed by atoms with Crippen LogP contribution < -0.4 is 3.07 Å². The van der Waals surface area contributed by atoms with Gasteiger partial charge in [0, 0.05) is 0 Å². The molecule has 22 heavy (non-hydrogen) atoms. The third-order valence-electron chi connectivity index (χ3n) is 6.92. The molecule has 6 rings (SSSR count). The van der Waals surface area contributed by atoms with E-state index in [4.69, 9.17) is 12.8 Å². The van der Waals surface area contributed by atoms with Gasteiger partial charge in [-0.2, -0.15) is 0 Å². The van der Waals surface area contributed by atoms with E-state index in [2.05, 4.69) is 25.1 Å². The van der Waals surface area contributed by atoms with E-state index in [-0.39, 0.29) is 11.2 Å². The van der Waals surface area contributed by atoms with Crippen molar-refractivity contribution in [3.05, 3.63) is 29.8 Å². The van der Waals surface area contributed by atoms with E-state index < -0.39 is 0 Å². The van der Waals surface area contributed by atoms with E-state index in [9.17, 15) is 0 Å². The molecule has 5 aliphatic rings. The molecule has 1 atom stereocenters. The van der Waals surface area contributed by atoms with Crippen molar-refractivity contribution in [1.29, 1.82) is 0 Å². The maximum Gasteiger partial charge on any atom is 0.192 e. The van der Waals surface area contributed by atoms with Crippen molar-refractivity contribution in [2.24, 2.45) is 23.7 Å². The molecule has 0 amide bonds. The fourth-order valence-electron chi connectivity index (χ4n) is 6.18. The number of halogens is 1. The third kappa shape index (κ3) is 1.59. The zero-order chi connectivity index (χ0) is 14.9. The zero-order valence-corrected chi connectivity index (χ0v) is 14.9. The summed E-state index contributed by atoms with van der Waals surface area (Å²) >= 11 is 1.94. The van der Waals surface area contributed by atoms with Crippen LogP contribution in [0.4, 0.5) is 0 Å². The van der Waals surface area contributed by atoms with Gasteiger partial charge in [0.1, 0.15) is 11.4 Å². The van der Waals surface area contributed by atoms with Gasteiger partial charge in [-0.15, -0.1) is 0 Å². The van der Waals surface area contributed by atoms with Crippen molar-refractivity contribution in [2.75, 3.05) is 0 Å². The lowest BCUT2D eigenvalue weighted by molar-refractivity contribution is -0.590. The molecule has 1 aromatic rings. The summed E-state index contributed by atoms with van der Waals surface area (Å²) < 4.78 is 5.39. The number of hydrogen-bond acceptors (Lipinski definition) is 3. The second-order valence-corrected chi connectivity index (χ2v) is 8.34. The number of hydrogen-bond donors (Lipinski definition) is 0. The van der Waals surface area contributed by atoms with Gasteiger partial charge in [-0.25, -0.2) is 9.78 Å². The molecule has 3 nitrogen and oxygen atoms in total. The molecular formula is C18H21IO3. The van der Waals surface area contributed by atoms with Crippen LogP contribution in [0.3, 0.4) is 0 Å². The smallest absolute Gasteiger partial charge is 0.192 e. The molecule has 1 aromatic carbocycles. The van der Waals surface area contributed by atoms with Crippen LogP contribution in [-0.4, -0.2) is 5.60 Å². The van der Waals surface area contributed by atoms with E-state index in [0.29, 0.717) is 11.8 Å². The van der Waals surface area contributed by atoms with Gasteiger partial charge < -0.3 is 3.07 Å². The van der Waals surface area contributed by atoms with Gasteiger partial charge in [0.15, 0.2) is 28.6 Å². The lowest BCUT2D eigenvalue weighted by Crippen LogP contribution is -2.74. The second-order valence-electron chi connectivity index (χ2n) is 7.90. The average Bonchev–Trinajstić information content (AvgIpc) is 2.52. The van der Waals surface area contributed by atoms with E-state index in [1.807, 2.05) is 29.1 Å². The molecule has 4 heteroatoms. The molecule has 4 aliphatic carbocycles. The maximum atomic E-state index is 6.00. The minimum atomic E-state index is -0.333. The summed E-state index contributed by atoms with van der Waals surface area (Å²) in [6, 6.07) is 8.32. The van der Waals surface area contributed by atoms with Crippen molar-refractivity contribution in [3.8, 4) is 5.75 Å². The highest BCUT2D eigenvalue weighted by atomic mass is 127. The number of benzene rings is 1. The SMILES string of the molecule is CC1(c2cccc(OI)c2)OOC12C1CC3CC(C1)CC2C3. The fourth-order valence-corrected chi connectivity index (χ4v) is 6.45. The van der Waals surface area contributed by atoms with Crippen LogP contribution in [0.5, 0.6) is 5.75 Å². The summed E-state index contributed by atoms with van der Waals surface area (Å²) in [4.78, 5) is 11.8. The van der Waals surface area contributed by atoms with Crippen LogP contribution in [-0.2, 0) is 15.4 Å². The fraction of sp³-hybridized carbons (Fsp3) is 0.667. The monoisotopic (exact) mass is 412 g/mol. The van der Waals surface area contributed by atoms with Gasteiger partial charge in [-0.05, 0) is 80.4 Å². The van der Waals surface area contributed by atoms with Crippen LogP contribution in [0.2, 0.25) is 0 Å². The Morgan fingerprint density at radius 2 is 1.73 bits per heavy atom. The van der Waals surface area contributed by atoms with Crippen LogP contribution in [0.25, 0.3) is 0 Å². The Hall–Kier alpha value is -0.330. The lowest BCUT2D eigenvalue weighted by atomic mass is 9.45. The van der Waals surface area contributed by atoms with E-state index in [1.165, 1.54) is 37.7 Å². The standard InChI is InChI=1S/C18H21IO3/c1-17(13-3-2-4-16(10-13)20-19)18(22-21-17)14-6-11-5-12(8-14)9-15(18)7-11/h2-4,10-12,14-15H,5-9H2,1H3. The molecule has 0 aromatic heterocycles. The summed E-state index contributed by atoms with van der Waals surface area (Å²) in [7, 11) is 0. The first-order chi connectivity index (χ1) is 10.7. The summed E-state index contributed by atoms with van der Waals surface area (Å²) in [5, 5.41) is 0. The molecule has 4 bridgehead atoms. The maximum absolute atomic E-state index is 6.00. The molecule has 118 valence electrons. The molecule has 0 N–H and O–H groups in total. The molecule has 4 saturated carbocycles. The molecule has 0 radical (unpaired) electrons. The quantitative estimate of drug-likeness (QED) is 0.517. The molecule has 1 aliphatic heterocycles. The third-order valence-corrected chi connectivity index (χ3v) is 7.43. The molecule has 1 spiro atoms. The topological polar surface area (TPSA) is 27.7 Å². The second kappa shape index (κ2) is 4.61. The van der Waals surface area contributed by atoms with E-state index >= 15 is 0 Å². The van der Waals surface area contributed by atoms with Gasteiger partial charge in [-0.3, -0.25) is 0 Å². The van der Waals surface area contributed by atoms with Crippen molar-refractivity contribution >= 4 is 23.0 Å².